The number of nitrogens with one attached hydrogen (secondary N) is 1. The van der Waals surface area contributed by atoms with Gasteiger partial charge in [0.1, 0.15) is 5.00 Å². The monoisotopic (exact) mass is 432 g/mol. The standard InChI is InChI=1S/C16H14F2N2O6S2/c1-8(13(22)20-14-11(12(19)21)6-7-27-14)26-15(23)9-2-4-10(5-3-9)28(24,25)16(17)18/h2-8,16H,1H3,(H2,19,21)(H,20,22). The van der Waals surface area contributed by atoms with Crippen molar-refractivity contribution in [3.8, 4) is 0 Å². The molecule has 8 nitrogen and oxygen atoms in total. The summed E-state index contributed by atoms with van der Waals surface area (Å²) in [7, 11) is -4.78. The highest BCUT2D eigenvalue weighted by Crippen LogP contribution is 2.23. The normalized spacial score (nSPS) is 12.4. The van der Waals surface area contributed by atoms with E-state index in [9.17, 15) is 31.6 Å². The summed E-state index contributed by atoms with van der Waals surface area (Å²) in [6.07, 6.45) is -1.26. The van der Waals surface area contributed by atoms with Gasteiger partial charge in [-0.3, -0.25) is 9.59 Å². The van der Waals surface area contributed by atoms with Gasteiger partial charge in [0.25, 0.3) is 11.8 Å². The third-order valence-electron chi connectivity index (χ3n) is 3.47. The highest BCUT2D eigenvalue weighted by molar-refractivity contribution is 7.91. The predicted molar refractivity (Wildman–Crippen MR) is 96.0 cm³/mol. The van der Waals surface area contributed by atoms with Crippen molar-refractivity contribution in [1.29, 1.82) is 0 Å². The van der Waals surface area contributed by atoms with Crippen LogP contribution in [0, 0.1) is 0 Å². The number of carbonyl (C=O) groups excluding carboxylic acids is 3. The molecular formula is C16H14F2N2O6S2. The van der Waals surface area contributed by atoms with Gasteiger partial charge in [0, 0.05) is 0 Å². The smallest absolute Gasteiger partial charge is 0.341 e. The number of rotatable bonds is 7. The summed E-state index contributed by atoms with van der Waals surface area (Å²) in [5.74, 6) is -6.02. The lowest BCUT2D eigenvalue weighted by molar-refractivity contribution is -0.123. The van der Waals surface area contributed by atoms with E-state index in [1.165, 1.54) is 13.0 Å². The van der Waals surface area contributed by atoms with Crippen LogP contribution < -0.4 is 11.1 Å². The Balaban J connectivity index is 2.04. The number of amides is 2. The Morgan fingerprint density at radius 1 is 1.14 bits per heavy atom. The van der Waals surface area contributed by atoms with Crippen molar-refractivity contribution in [3.63, 3.8) is 0 Å². The molecule has 0 aliphatic heterocycles. The summed E-state index contributed by atoms with van der Waals surface area (Å²) >= 11 is 1.05. The Bertz CT molecular complexity index is 1000. The maximum atomic E-state index is 12.5. The van der Waals surface area contributed by atoms with Crippen LogP contribution in [0.3, 0.4) is 0 Å². The van der Waals surface area contributed by atoms with E-state index >= 15 is 0 Å². The third kappa shape index (κ3) is 4.70. The number of carbonyl (C=O) groups is 3. The van der Waals surface area contributed by atoms with Crippen LogP contribution in [0.4, 0.5) is 13.8 Å². The Morgan fingerprint density at radius 2 is 1.75 bits per heavy atom. The zero-order valence-electron chi connectivity index (χ0n) is 14.2. The second-order valence-electron chi connectivity index (χ2n) is 5.39. The molecule has 0 saturated carbocycles. The summed E-state index contributed by atoms with van der Waals surface area (Å²) in [4.78, 5) is 34.8. The molecule has 28 heavy (non-hydrogen) atoms. The molecule has 0 bridgehead atoms. The van der Waals surface area contributed by atoms with Gasteiger partial charge in [-0.2, -0.15) is 8.78 Å². The Kier molecular flexibility index (Phi) is 6.46. The summed E-state index contributed by atoms with van der Waals surface area (Å²) in [6, 6.07) is 5.09. The molecule has 1 heterocycles. The minimum absolute atomic E-state index is 0.104. The second-order valence-corrected chi connectivity index (χ2v) is 8.23. The number of alkyl halides is 2. The SMILES string of the molecule is CC(OC(=O)c1ccc(S(=O)(=O)C(F)F)cc1)C(=O)Nc1sccc1C(N)=O. The Hall–Kier alpha value is -2.86. The van der Waals surface area contributed by atoms with Crippen LogP contribution in [0.5, 0.6) is 0 Å². The minimum Gasteiger partial charge on any atom is -0.449 e. The molecule has 0 fully saturated rings. The molecule has 1 aromatic heterocycles. The molecule has 1 aromatic carbocycles. The quantitative estimate of drug-likeness (QED) is 0.643. The largest absolute Gasteiger partial charge is 0.449 e. The van der Waals surface area contributed by atoms with Crippen LogP contribution in [-0.4, -0.2) is 38.1 Å². The number of primary amides is 1. The van der Waals surface area contributed by atoms with Gasteiger partial charge in [0.05, 0.1) is 16.0 Å². The highest BCUT2D eigenvalue weighted by Gasteiger charge is 2.27. The van der Waals surface area contributed by atoms with Crippen molar-refractivity contribution < 1.29 is 36.3 Å². The van der Waals surface area contributed by atoms with E-state index in [1.807, 2.05) is 0 Å². The number of hydrogen-bond donors (Lipinski definition) is 2. The number of anilines is 1. The van der Waals surface area contributed by atoms with Gasteiger partial charge in [-0.15, -0.1) is 11.3 Å². The number of thiophene rings is 1. The lowest BCUT2D eigenvalue weighted by atomic mass is 10.2. The van der Waals surface area contributed by atoms with E-state index in [0.29, 0.717) is 0 Å². The van der Waals surface area contributed by atoms with Crippen LogP contribution in [0.15, 0.2) is 40.6 Å². The summed E-state index contributed by atoms with van der Waals surface area (Å²) in [6.45, 7) is 1.28. The first-order valence-electron chi connectivity index (χ1n) is 7.55. The zero-order chi connectivity index (χ0) is 21.1. The van der Waals surface area contributed by atoms with Gasteiger partial charge in [-0.1, -0.05) is 0 Å². The van der Waals surface area contributed by atoms with Crippen molar-refractivity contribution >= 4 is 44.0 Å². The molecule has 2 amide bonds. The van der Waals surface area contributed by atoms with E-state index in [1.54, 1.807) is 5.38 Å². The molecule has 0 aliphatic rings. The number of halogens is 2. The van der Waals surface area contributed by atoms with Gasteiger partial charge in [0.2, 0.25) is 9.84 Å². The van der Waals surface area contributed by atoms with Crippen LogP contribution in [-0.2, 0) is 19.4 Å². The highest BCUT2D eigenvalue weighted by atomic mass is 32.2. The molecule has 1 unspecified atom stereocenters. The first kappa shape index (κ1) is 21.4. The van der Waals surface area contributed by atoms with Gasteiger partial charge >= 0.3 is 11.7 Å². The molecule has 12 heteroatoms. The zero-order valence-corrected chi connectivity index (χ0v) is 15.9. The van der Waals surface area contributed by atoms with Gasteiger partial charge < -0.3 is 15.8 Å². The average Bonchev–Trinajstić information content (AvgIpc) is 3.09. The molecule has 0 spiro atoms. The average molecular weight is 432 g/mol. The van der Waals surface area contributed by atoms with Gasteiger partial charge in [-0.25, -0.2) is 13.2 Å². The maximum Gasteiger partial charge on any atom is 0.341 e. The predicted octanol–water partition coefficient (Wildman–Crippen LogP) is 2.03. The fraction of sp³-hybridized carbons (Fsp3) is 0.188. The van der Waals surface area contributed by atoms with E-state index in [0.717, 1.165) is 35.6 Å². The molecule has 0 aliphatic carbocycles. The van der Waals surface area contributed by atoms with E-state index in [-0.39, 0.29) is 16.1 Å². The molecular weight excluding hydrogens is 418 g/mol. The molecule has 0 radical (unpaired) electrons. The number of nitrogens with two attached hydrogens (primary N) is 1. The fourth-order valence-electron chi connectivity index (χ4n) is 1.98. The third-order valence-corrected chi connectivity index (χ3v) is 5.70. The summed E-state index contributed by atoms with van der Waals surface area (Å²) < 4.78 is 52.7. The van der Waals surface area contributed by atoms with Crippen molar-refractivity contribution in [1.82, 2.24) is 0 Å². The topological polar surface area (TPSA) is 133 Å². The molecule has 2 rings (SSSR count). The fourth-order valence-corrected chi connectivity index (χ4v) is 3.50. The minimum atomic E-state index is -4.78. The lowest BCUT2D eigenvalue weighted by Crippen LogP contribution is -2.30. The van der Waals surface area contributed by atoms with Crippen molar-refractivity contribution in [2.75, 3.05) is 5.32 Å². The van der Waals surface area contributed by atoms with E-state index < -0.39 is 44.4 Å². The molecule has 0 saturated heterocycles. The van der Waals surface area contributed by atoms with Gasteiger partial charge in [-0.05, 0) is 42.6 Å². The lowest BCUT2D eigenvalue weighted by Gasteiger charge is -2.13. The van der Waals surface area contributed by atoms with Crippen LogP contribution in [0.25, 0.3) is 0 Å². The second kappa shape index (κ2) is 8.44. The van der Waals surface area contributed by atoms with Crippen LogP contribution >= 0.6 is 11.3 Å². The van der Waals surface area contributed by atoms with E-state index in [2.05, 4.69) is 5.32 Å². The molecule has 1 atom stereocenters. The molecule has 2 aromatic rings. The Labute approximate surface area is 162 Å². The molecule has 150 valence electrons. The van der Waals surface area contributed by atoms with Crippen molar-refractivity contribution in [3.05, 3.63) is 46.8 Å². The first-order chi connectivity index (χ1) is 13.0. The number of benzene rings is 1. The number of ether oxygens (including phenoxy) is 1. The van der Waals surface area contributed by atoms with Crippen LogP contribution in [0.1, 0.15) is 27.6 Å². The molecule has 3 N–H and O–H groups in total. The maximum absolute atomic E-state index is 12.5. The van der Waals surface area contributed by atoms with Gasteiger partial charge in [0.15, 0.2) is 6.10 Å². The van der Waals surface area contributed by atoms with Crippen LogP contribution in [0.2, 0.25) is 0 Å². The number of esters is 1. The number of sulfone groups is 1. The van der Waals surface area contributed by atoms with Crippen molar-refractivity contribution in [2.24, 2.45) is 5.73 Å². The Morgan fingerprint density at radius 3 is 2.29 bits per heavy atom. The summed E-state index contributed by atoms with van der Waals surface area (Å²) in [5.41, 5.74) is 5.14. The first-order valence-corrected chi connectivity index (χ1v) is 9.98. The van der Waals surface area contributed by atoms with E-state index in [4.69, 9.17) is 10.5 Å². The van der Waals surface area contributed by atoms with Crippen molar-refractivity contribution in [2.45, 2.75) is 23.7 Å². The summed E-state index contributed by atoms with van der Waals surface area (Å²) in [5, 5.41) is 4.15. The number of hydrogen-bond acceptors (Lipinski definition) is 7.